The van der Waals surface area contributed by atoms with Gasteiger partial charge in [-0.05, 0) is 27.7 Å². The zero-order valence-corrected chi connectivity index (χ0v) is 16.4. The smallest absolute Gasteiger partial charge is 0.263 e. The first-order chi connectivity index (χ1) is 12.7. The van der Waals surface area contributed by atoms with Crippen molar-refractivity contribution >= 4 is 17.0 Å². The lowest BCUT2D eigenvalue weighted by atomic mass is 9.97. The third kappa shape index (κ3) is 3.01. The number of anilines is 1. The molecule has 1 aliphatic rings. The Morgan fingerprint density at radius 2 is 2.04 bits per heavy atom. The molecule has 3 aromatic rings. The Hall–Kier alpha value is -2.68. The molecule has 4 heterocycles. The Morgan fingerprint density at radius 3 is 2.70 bits per heavy atom. The van der Waals surface area contributed by atoms with Crippen LogP contribution in [0, 0.1) is 0 Å². The topological polar surface area (TPSA) is 93.9 Å². The maximum Gasteiger partial charge on any atom is 0.263 e. The number of aromatic amines is 1. The zero-order chi connectivity index (χ0) is 19.4. The predicted octanol–water partition coefficient (Wildman–Crippen LogP) is 1.36. The molecular formula is C18H25N7O2. The molecule has 4 rings (SSSR count). The van der Waals surface area contributed by atoms with Gasteiger partial charge in [-0.25, -0.2) is 4.68 Å². The molecule has 1 saturated heterocycles. The molecule has 0 amide bonds. The van der Waals surface area contributed by atoms with Crippen molar-refractivity contribution < 1.29 is 4.74 Å². The Bertz CT molecular complexity index is 1040. The highest BCUT2D eigenvalue weighted by molar-refractivity contribution is 5.74. The van der Waals surface area contributed by atoms with E-state index in [-0.39, 0.29) is 11.1 Å². The van der Waals surface area contributed by atoms with E-state index in [0.29, 0.717) is 36.7 Å². The van der Waals surface area contributed by atoms with Crippen LogP contribution in [-0.2, 0) is 22.9 Å². The summed E-state index contributed by atoms with van der Waals surface area (Å²) in [6.07, 6.45) is 5.35. The van der Waals surface area contributed by atoms with E-state index in [2.05, 4.69) is 20.1 Å². The largest absolute Gasteiger partial charge is 0.367 e. The van der Waals surface area contributed by atoms with Gasteiger partial charge in [0.1, 0.15) is 11.0 Å². The third-order valence-corrected chi connectivity index (χ3v) is 4.95. The molecule has 0 saturated carbocycles. The van der Waals surface area contributed by atoms with Gasteiger partial charge in [-0.3, -0.25) is 14.5 Å². The Balaban J connectivity index is 1.74. The van der Waals surface area contributed by atoms with E-state index in [1.54, 1.807) is 15.6 Å². The van der Waals surface area contributed by atoms with E-state index < -0.39 is 5.60 Å². The number of nitrogens with zero attached hydrogens (tertiary/aromatic N) is 6. The van der Waals surface area contributed by atoms with Gasteiger partial charge in [-0.1, -0.05) is 0 Å². The van der Waals surface area contributed by atoms with Crippen molar-refractivity contribution in [2.24, 2.45) is 7.05 Å². The van der Waals surface area contributed by atoms with Gasteiger partial charge < -0.3 is 9.64 Å². The fourth-order valence-electron chi connectivity index (χ4n) is 3.47. The van der Waals surface area contributed by atoms with Crippen molar-refractivity contribution in [3.8, 4) is 0 Å². The second-order valence-electron chi connectivity index (χ2n) is 8.26. The molecule has 1 fully saturated rings. The second kappa shape index (κ2) is 5.91. The van der Waals surface area contributed by atoms with Crippen LogP contribution in [-0.4, -0.2) is 49.2 Å². The summed E-state index contributed by atoms with van der Waals surface area (Å²) in [6.45, 7) is 9.89. The van der Waals surface area contributed by atoms with Crippen LogP contribution in [0.4, 0.5) is 5.95 Å². The fraction of sp³-hybridized carbons (Fsp3) is 0.556. The van der Waals surface area contributed by atoms with Crippen LogP contribution in [0.5, 0.6) is 0 Å². The molecule has 1 aliphatic heterocycles. The molecule has 0 radical (unpaired) electrons. The highest BCUT2D eigenvalue weighted by atomic mass is 16.5. The van der Waals surface area contributed by atoms with Crippen molar-refractivity contribution in [1.82, 2.24) is 29.5 Å². The minimum Gasteiger partial charge on any atom is -0.367 e. The van der Waals surface area contributed by atoms with Gasteiger partial charge in [0.15, 0.2) is 5.65 Å². The number of morpholine rings is 1. The highest BCUT2D eigenvalue weighted by Gasteiger charge is 2.36. The summed E-state index contributed by atoms with van der Waals surface area (Å²) in [6, 6.07) is 0. The monoisotopic (exact) mass is 371 g/mol. The number of H-pyrrole nitrogens is 1. The lowest BCUT2D eigenvalue weighted by Gasteiger charge is -2.40. The average molecular weight is 371 g/mol. The number of hydrogen-bond donors (Lipinski definition) is 1. The van der Waals surface area contributed by atoms with Crippen molar-refractivity contribution in [2.45, 2.75) is 38.8 Å². The summed E-state index contributed by atoms with van der Waals surface area (Å²) in [5, 5.41) is 9.12. The number of fused-ring (bicyclic) bond motifs is 1. The minimum atomic E-state index is -0.524. The van der Waals surface area contributed by atoms with E-state index in [9.17, 15) is 4.79 Å². The summed E-state index contributed by atoms with van der Waals surface area (Å²) in [5.41, 5.74) is 0.619. The molecule has 27 heavy (non-hydrogen) atoms. The molecule has 9 heteroatoms. The fourth-order valence-corrected chi connectivity index (χ4v) is 3.47. The molecule has 1 atom stereocenters. The molecule has 0 spiro atoms. The highest BCUT2D eigenvalue weighted by Crippen LogP contribution is 2.30. The normalized spacial score (nSPS) is 21.1. The predicted molar refractivity (Wildman–Crippen MR) is 102 cm³/mol. The van der Waals surface area contributed by atoms with Gasteiger partial charge in [0.2, 0.25) is 5.95 Å². The van der Waals surface area contributed by atoms with Crippen LogP contribution in [0.3, 0.4) is 0 Å². The number of aryl methyl sites for hydroxylation is 1. The van der Waals surface area contributed by atoms with Crippen LogP contribution in [0.25, 0.3) is 11.0 Å². The number of hydrogen-bond acceptors (Lipinski definition) is 6. The van der Waals surface area contributed by atoms with E-state index >= 15 is 0 Å². The van der Waals surface area contributed by atoms with Crippen LogP contribution in [0.1, 0.15) is 33.3 Å². The SMILES string of the molecule is Cn1cc(C2(C)CN(c3nc4c(cnn4C(C)(C)C)c(=O)[nH]3)CCO2)cn1. The lowest BCUT2D eigenvalue weighted by Crippen LogP contribution is -2.49. The van der Waals surface area contributed by atoms with Crippen molar-refractivity contribution in [1.29, 1.82) is 0 Å². The quantitative estimate of drug-likeness (QED) is 0.731. The number of ether oxygens (including phenoxy) is 1. The van der Waals surface area contributed by atoms with Crippen molar-refractivity contribution in [2.75, 3.05) is 24.6 Å². The summed E-state index contributed by atoms with van der Waals surface area (Å²) in [5.74, 6) is 0.539. The second-order valence-corrected chi connectivity index (χ2v) is 8.26. The summed E-state index contributed by atoms with van der Waals surface area (Å²) in [4.78, 5) is 22.3. The first-order valence-corrected chi connectivity index (χ1v) is 9.04. The van der Waals surface area contributed by atoms with Crippen molar-refractivity contribution in [3.63, 3.8) is 0 Å². The Labute approximate surface area is 157 Å². The molecule has 9 nitrogen and oxygen atoms in total. The first kappa shape index (κ1) is 17.7. The standard InChI is InChI=1S/C18H25N7O2/c1-17(2,3)25-14-13(9-20-25)15(26)22-16(21-14)24-6-7-27-18(4,11-24)12-8-19-23(5)10-12/h8-10H,6-7,11H2,1-5H3,(H,21,22,26). The number of nitrogens with one attached hydrogen (secondary N) is 1. The lowest BCUT2D eigenvalue weighted by molar-refractivity contribution is -0.0470. The Kier molecular flexibility index (Phi) is 3.88. The average Bonchev–Trinajstić information content (AvgIpc) is 3.21. The van der Waals surface area contributed by atoms with Gasteiger partial charge >= 0.3 is 0 Å². The van der Waals surface area contributed by atoms with Gasteiger partial charge in [0.05, 0.1) is 31.1 Å². The third-order valence-electron chi connectivity index (χ3n) is 4.95. The molecule has 1 N–H and O–H groups in total. The van der Waals surface area contributed by atoms with Gasteiger partial charge in [0, 0.05) is 25.4 Å². The molecule has 3 aromatic heterocycles. The molecule has 0 aliphatic carbocycles. The van der Waals surface area contributed by atoms with E-state index in [4.69, 9.17) is 9.72 Å². The Morgan fingerprint density at radius 1 is 1.26 bits per heavy atom. The van der Waals surface area contributed by atoms with Crippen LogP contribution in [0.15, 0.2) is 23.4 Å². The van der Waals surface area contributed by atoms with Crippen LogP contribution >= 0.6 is 0 Å². The van der Waals surface area contributed by atoms with Crippen LogP contribution in [0.2, 0.25) is 0 Å². The van der Waals surface area contributed by atoms with E-state index in [1.807, 2.05) is 47.1 Å². The summed E-state index contributed by atoms with van der Waals surface area (Å²) >= 11 is 0. The number of rotatable bonds is 2. The molecule has 0 aromatic carbocycles. The molecule has 0 bridgehead atoms. The van der Waals surface area contributed by atoms with E-state index in [0.717, 1.165) is 5.56 Å². The summed E-state index contributed by atoms with van der Waals surface area (Å²) < 4.78 is 9.62. The maximum atomic E-state index is 12.6. The van der Waals surface area contributed by atoms with Crippen LogP contribution < -0.4 is 10.5 Å². The van der Waals surface area contributed by atoms with Gasteiger partial charge in [-0.2, -0.15) is 15.2 Å². The van der Waals surface area contributed by atoms with Crippen molar-refractivity contribution in [3.05, 3.63) is 34.5 Å². The van der Waals surface area contributed by atoms with Gasteiger partial charge in [0.25, 0.3) is 5.56 Å². The first-order valence-electron chi connectivity index (χ1n) is 9.04. The van der Waals surface area contributed by atoms with E-state index in [1.165, 1.54) is 0 Å². The van der Waals surface area contributed by atoms with Gasteiger partial charge in [-0.15, -0.1) is 0 Å². The zero-order valence-electron chi connectivity index (χ0n) is 16.4. The molecule has 144 valence electrons. The number of aromatic nitrogens is 6. The molecule has 1 unspecified atom stereocenters. The minimum absolute atomic E-state index is 0.180. The maximum absolute atomic E-state index is 12.6. The molecular weight excluding hydrogens is 346 g/mol. The summed E-state index contributed by atoms with van der Waals surface area (Å²) in [7, 11) is 1.88.